The number of hydrogen-bond donors (Lipinski definition) is 1. The summed E-state index contributed by atoms with van der Waals surface area (Å²) in [5, 5.41) is 3.74. The van der Waals surface area contributed by atoms with E-state index < -0.39 is 0 Å². The summed E-state index contributed by atoms with van der Waals surface area (Å²) in [6.07, 6.45) is 0. The first-order valence-corrected chi connectivity index (χ1v) is 8.17. The molecule has 0 atom stereocenters. The van der Waals surface area contributed by atoms with Crippen LogP contribution in [0, 0.1) is 0 Å². The minimum atomic E-state index is -0.148. The lowest BCUT2D eigenvalue weighted by molar-refractivity contribution is 0.102. The highest BCUT2D eigenvalue weighted by molar-refractivity contribution is 8.00. The molecule has 0 aliphatic rings. The second kappa shape index (κ2) is 7.56. The summed E-state index contributed by atoms with van der Waals surface area (Å²) < 4.78 is 5.10. The smallest absolute Gasteiger partial charge is 0.256 e. The van der Waals surface area contributed by atoms with E-state index in [0.717, 1.165) is 4.90 Å². The van der Waals surface area contributed by atoms with Crippen LogP contribution < -0.4 is 10.1 Å². The van der Waals surface area contributed by atoms with Gasteiger partial charge in [0.2, 0.25) is 0 Å². The molecule has 3 nitrogen and oxygen atoms in total. The van der Waals surface area contributed by atoms with E-state index in [1.807, 2.05) is 24.3 Å². The average Bonchev–Trinajstić information content (AvgIpc) is 2.47. The number of ether oxygens (including phenoxy) is 1. The molecule has 5 heteroatoms. The molecule has 0 aliphatic carbocycles. The van der Waals surface area contributed by atoms with Crippen molar-refractivity contribution in [2.75, 3.05) is 12.4 Å². The van der Waals surface area contributed by atoms with Crippen LogP contribution in [0.15, 0.2) is 47.4 Å². The monoisotopic (exact) mass is 335 g/mol. The zero-order valence-electron chi connectivity index (χ0n) is 12.7. The van der Waals surface area contributed by atoms with E-state index in [-0.39, 0.29) is 5.91 Å². The standard InChI is InChI=1S/C17H18ClNO2S/c1-11(2)22-16-7-5-4-6-13(16)17(20)19-12-8-9-15(21-3)14(18)10-12/h4-11H,1-3H3,(H,19,20). The average molecular weight is 336 g/mol. The van der Waals surface area contributed by atoms with Gasteiger partial charge in [0, 0.05) is 15.8 Å². The van der Waals surface area contributed by atoms with Gasteiger partial charge in [-0.2, -0.15) is 0 Å². The molecule has 0 saturated carbocycles. The predicted octanol–water partition coefficient (Wildman–Crippen LogP) is 5.10. The van der Waals surface area contributed by atoms with Crippen molar-refractivity contribution >= 4 is 35.0 Å². The van der Waals surface area contributed by atoms with Gasteiger partial charge < -0.3 is 10.1 Å². The van der Waals surface area contributed by atoms with Crippen LogP contribution in [0.25, 0.3) is 0 Å². The number of anilines is 1. The maximum atomic E-state index is 12.5. The molecule has 0 fully saturated rings. The van der Waals surface area contributed by atoms with Crippen LogP contribution in [-0.4, -0.2) is 18.3 Å². The molecule has 0 heterocycles. The number of benzene rings is 2. The first-order chi connectivity index (χ1) is 10.5. The summed E-state index contributed by atoms with van der Waals surface area (Å²) in [4.78, 5) is 13.5. The van der Waals surface area contributed by atoms with Crippen LogP contribution in [0.3, 0.4) is 0 Å². The molecule has 1 amide bonds. The van der Waals surface area contributed by atoms with Gasteiger partial charge in [0.05, 0.1) is 17.7 Å². The maximum absolute atomic E-state index is 12.5. The topological polar surface area (TPSA) is 38.3 Å². The summed E-state index contributed by atoms with van der Waals surface area (Å²) in [6, 6.07) is 12.8. The quantitative estimate of drug-likeness (QED) is 0.772. The van der Waals surface area contributed by atoms with E-state index >= 15 is 0 Å². The van der Waals surface area contributed by atoms with E-state index in [1.165, 1.54) is 0 Å². The zero-order valence-corrected chi connectivity index (χ0v) is 14.3. The van der Waals surface area contributed by atoms with E-state index in [9.17, 15) is 4.79 Å². The minimum absolute atomic E-state index is 0.148. The Morgan fingerprint density at radius 2 is 1.95 bits per heavy atom. The molecule has 0 radical (unpaired) electrons. The first-order valence-electron chi connectivity index (χ1n) is 6.92. The molecule has 0 saturated heterocycles. The summed E-state index contributed by atoms with van der Waals surface area (Å²) in [6.45, 7) is 4.20. The Morgan fingerprint density at radius 1 is 1.23 bits per heavy atom. The van der Waals surface area contributed by atoms with Crippen LogP contribution >= 0.6 is 23.4 Å². The van der Waals surface area contributed by atoms with E-state index in [2.05, 4.69) is 19.2 Å². The number of thioether (sulfide) groups is 1. The van der Waals surface area contributed by atoms with Crippen molar-refractivity contribution in [3.8, 4) is 5.75 Å². The number of amides is 1. The molecular weight excluding hydrogens is 318 g/mol. The molecule has 0 spiro atoms. The van der Waals surface area contributed by atoms with Crippen LogP contribution in [0.5, 0.6) is 5.75 Å². The largest absolute Gasteiger partial charge is 0.495 e. The molecule has 0 aromatic heterocycles. The molecule has 2 aromatic rings. The fraction of sp³-hybridized carbons (Fsp3) is 0.235. The highest BCUT2D eigenvalue weighted by Gasteiger charge is 2.13. The number of nitrogens with one attached hydrogen (secondary N) is 1. The van der Waals surface area contributed by atoms with Crippen LogP contribution in [-0.2, 0) is 0 Å². The molecule has 1 N–H and O–H groups in total. The van der Waals surface area contributed by atoms with E-state index in [1.54, 1.807) is 37.1 Å². The molecular formula is C17H18ClNO2S. The zero-order chi connectivity index (χ0) is 16.1. The third-order valence-electron chi connectivity index (χ3n) is 2.90. The number of halogens is 1. The van der Waals surface area contributed by atoms with E-state index in [0.29, 0.717) is 27.3 Å². The number of carbonyl (C=O) groups is 1. The SMILES string of the molecule is COc1ccc(NC(=O)c2ccccc2SC(C)C)cc1Cl. The van der Waals surface area contributed by atoms with Crippen LogP contribution in [0.4, 0.5) is 5.69 Å². The lowest BCUT2D eigenvalue weighted by atomic mass is 10.2. The van der Waals surface area contributed by atoms with Crippen LogP contribution in [0.2, 0.25) is 5.02 Å². The number of rotatable bonds is 5. The van der Waals surface area contributed by atoms with Gasteiger partial charge in [-0.3, -0.25) is 4.79 Å². The van der Waals surface area contributed by atoms with Crippen LogP contribution in [0.1, 0.15) is 24.2 Å². The lowest BCUT2D eigenvalue weighted by Crippen LogP contribution is -2.13. The van der Waals surface area contributed by atoms with Gasteiger partial charge in [0.15, 0.2) is 0 Å². The van der Waals surface area contributed by atoms with Gasteiger partial charge in [0.25, 0.3) is 5.91 Å². The predicted molar refractivity (Wildman–Crippen MR) is 93.4 cm³/mol. The summed E-state index contributed by atoms with van der Waals surface area (Å²) in [7, 11) is 1.55. The van der Waals surface area contributed by atoms with Gasteiger partial charge >= 0.3 is 0 Å². The fourth-order valence-corrected chi connectivity index (χ4v) is 3.16. The number of hydrogen-bond acceptors (Lipinski definition) is 3. The normalized spacial score (nSPS) is 10.6. The molecule has 22 heavy (non-hydrogen) atoms. The number of carbonyl (C=O) groups excluding carboxylic acids is 1. The van der Waals surface area contributed by atoms with Gasteiger partial charge in [-0.1, -0.05) is 37.6 Å². The van der Waals surface area contributed by atoms with Crippen molar-refractivity contribution < 1.29 is 9.53 Å². The van der Waals surface area contributed by atoms with Crippen molar-refractivity contribution in [2.24, 2.45) is 0 Å². The fourth-order valence-electron chi connectivity index (χ4n) is 1.95. The molecule has 0 aliphatic heterocycles. The molecule has 0 bridgehead atoms. The lowest BCUT2D eigenvalue weighted by Gasteiger charge is -2.12. The molecule has 2 aromatic carbocycles. The van der Waals surface area contributed by atoms with Crippen molar-refractivity contribution in [2.45, 2.75) is 24.0 Å². The van der Waals surface area contributed by atoms with Crippen molar-refractivity contribution in [1.82, 2.24) is 0 Å². The second-order valence-electron chi connectivity index (χ2n) is 4.97. The summed E-state index contributed by atoms with van der Waals surface area (Å²) in [5.74, 6) is 0.431. The minimum Gasteiger partial charge on any atom is -0.495 e. The third kappa shape index (κ3) is 4.18. The Morgan fingerprint density at radius 3 is 2.59 bits per heavy atom. The van der Waals surface area contributed by atoms with Gasteiger partial charge in [-0.05, 0) is 30.3 Å². The van der Waals surface area contributed by atoms with Crippen molar-refractivity contribution in [3.05, 3.63) is 53.1 Å². The Bertz CT molecular complexity index is 673. The maximum Gasteiger partial charge on any atom is 0.256 e. The highest BCUT2D eigenvalue weighted by atomic mass is 35.5. The summed E-state index contributed by atoms with van der Waals surface area (Å²) >= 11 is 7.74. The molecule has 116 valence electrons. The molecule has 2 rings (SSSR count). The highest BCUT2D eigenvalue weighted by Crippen LogP contribution is 2.29. The Labute approximate surface area is 140 Å². The number of methoxy groups -OCH3 is 1. The van der Waals surface area contributed by atoms with Gasteiger partial charge in [-0.15, -0.1) is 11.8 Å². The first kappa shape index (κ1) is 16.7. The Kier molecular flexibility index (Phi) is 5.75. The third-order valence-corrected chi connectivity index (χ3v) is 4.28. The van der Waals surface area contributed by atoms with Gasteiger partial charge in [0.1, 0.15) is 5.75 Å². The Hall–Kier alpha value is -1.65. The van der Waals surface area contributed by atoms with E-state index in [4.69, 9.17) is 16.3 Å². The Balaban J connectivity index is 2.21. The second-order valence-corrected chi connectivity index (χ2v) is 6.99. The van der Waals surface area contributed by atoms with Crippen molar-refractivity contribution in [3.63, 3.8) is 0 Å². The van der Waals surface area contributed by atoms with Crippen molar-refractivity contribution in [1.29, 1.82) is 0 Å². The molecule has 0 unspecified atom stereocenters. The summed E-state index contributed by atoms with van der Waals surface area (Å²) in [5.41, 5.74) is 1.30. The van der Waals surface area contributed by atoms with Gasteiger partial charge in [-0.25, -0.2) is 0 Å².